The molecule has 0 spiro atoms. The predicted octanol–water partition coefficient (Wildman–Crippen LogP) is 3.86. The summed E-state index contributed by atoms with van der Waals surface area (Å²) in [6, 6.07) is 11.3. The van der Waals surface area contributed by atoms with Gasteiger partial charge >= 0.3 is 5.97 Å². The lowest BCUT2D eigenvalue weighted by Crippen LogP contribution is -2.03. The van der Waals surface area contributed by atoms with Gasteiger partial charge in [0.25, 0.3) is 0 Å². The van der Waals surface area contributed by atoms with Crippen LogP contribution in [0.4, 0.5) is 0 Å². The number of aryl methyl sites for hydroxylation is 1. The van der Waals surface area contributed by atoms with Gasteiger partial charge in [-0.25, -0.2) is 9.78 Å². The normalized spacial score (nSPS) is 10.8. The summed E-state index contributed by atoms with van der Waals surface area (Å²) in [5.41, 5.74) is 3.93. The fraction of sp³-hybridized carbons (Fsp3) is 0.125. The van der Waals surface area contributed by atoms with E-state index in [1.807, 2.05) is 47.9 Å². The molecule has 0 aliphatic heterocycles. The molecule has 0 saturated heterocycles. The van der Waals surface area contributed by atoms with E-state index in [4.69, 9.17) is 4.74 Å². The van der Waals surface area contributed by atoms with Gasteiger partial charge in [0.1, 0.15) is 15.9 Å². The number of nitrogens with zero attached hydrogens (tertiary/aromatic N) is 2. The number of fused-ring (bicyclic) bond motifs is 1. The zero-order chi connectivity index (χ0) is 15.0. The molecule has 1 aromatic carbocycles. The Morgan fingerprint density at radius 1 is 1.29 bits per heavy atom. The van der Waals surface area contributed by atoms with Gasteiger partial charge < -0.3 is 4.74 Å². The molecule has 0 amide bonds. The zero-order valence-corrected chi connectivity index (χ0v) is 13.2. The molecular formula is C16H13BrN2O2. The Morgan fingerprint density at radius 3 is 2.81 bits per heavy atom. The van der Waals surface area contributed by atoms with Crippen LogP contribution in [0.15, 0.2) is 47.2 Å². The summed E-state index contributed by atoms with van der Waals surface area (Å²) in [5, 5.41) is 0. The molecule has 0 saturated carbocycles. The van der Waals surface area contributed by atoms with Crippen molar-refractivity contribution in [1.82, 2.24) is 9.38 Å². The van der Waals surface area contributed by atoms with Crippen LogP contribution in [0.2, 0.25) is 0 Å². The van der Waals surface area contributed by atoms with Crippen molar-refractivity contribution in [2.75, 3.05) is 7.11 Å². The number of halogens is 1. The predicted molar refractivity (Wildman–Crippen MR) is 84.4 cm³/mol. The van der Waals surface area contributed by atoms with Crippen LogP contribution in [0, 0.1) is 6.92 Å². The topological polar surface area (TPSA) is 43.6 Å². The number of carbonyl (C=O) groups excluding carboxylic acids is 1. The largest absolute Gasteiger partial charge is 0.465 e. The number of hydrogen-bond acceptors (Lipinski definition) is 3. The van der Waals surface area contributed by atoms with Gasteiger partial charge in [0, 0.05) is 11.8 Å². The van der Waals surface area contributed by atoms with E-state index in [1.54, 1.807) is 6.07 Å². The minimum atomic E-state index is -0.370. The van der Waals surface area contributed by atoms with Crippen LogP contribution in [-0.2, 0) is 4.74 Å². The van der Waals surface area contributed by atoms with Crippen molar-refractivity contribution in [2.24, 2.45) is 0 Å². The van der Waals surface area contributed by atoms with Crippen LogP contribution < -0.4 is 0 Å². The lowest BCUT2D eigenvalue weighted by atomic mass is 10.1. The molecule has 0 radical (unpaired) electrons. The SMILES string of the molecule is COC(=O)c1ccccc1-c1nc2cc(C)ccn2c1Br. The Hall–Kier alpha value is -2.14. The van der Waals surface area contributed by atoms with Crippen molar-refractivity contribution in [1.29, 1.82) is 0 Å². The Labute approximate surface area is 130 Å². The molecule has 0 aliphatic carbocycles. The lowest BCUT2D eigenvalue weighted by molar-refractivity contribution is 0.0601. The van der Waals surface area contributed by atoms with E-state index in [0.717, 1.165) is 27.1 Å². The number of rotatable bonds is 2. The Morgan fingerprint density at radius 2 is 2.05 bits per heavy atom. The van der Waals surface area contributed by atoms with Crippen LogP contribution in [0.5, 0.6) is 0 Å². The molecule has 2 aromatic heterocycles. The second-order valence-corrected chi connectivity index (χ2v) is 5.47. The number of methoxy groups -OCH3 is 1. The number of aromatic nitrogens is 2. The van der Waals surface area contributed by atoms with Crippen molar-refractivity contribution < 1.29 is 9.53 Å². The van der Waals surface area contributed by atoms with Gasteiger partial charge in [-0.2, -0.15) is 0 Å². The fourth-order valence-electron chi connectivity index (χ4n) is 2.27. The maximum Gasteiger partial charge on any atom is 0.338 e. The average molecular weight is 345 g/mol. The minimum Gasteiger partial charge on any atom is -0.465 e. The van der Waals surface area contributed by atoms with Gasteiger partial charge in [0.15, 0.2) is 0 Å². The molecule has 0 atom stereocenters. The van der Waals surface area contributed by atoms with E-state index in [9.17, 15) is 4.79 Å². The molecular weight excluding hydrogens is 332 g/mol. The van der Waals surface area contributed by atoms with Crippen LogP contribution >= 0.6 is 15.9 Å². The summed E-state index contributed by atoms with van der Waals surface area (Å²) < 4.78 is 7.60. The lowest BCUT2D eigenvalue weighted by Gasteiger charge is -2.05. The third-order valence-electron chi connectivity index (χ3n) is 3.31. The van der Waals surface area contributed by atoms with Crippen molar-refractivity contribution in [3.8, 4) is 11.3 Å². The number of hydrogen-bond donors (Lipinski definition) is 0. The summed E-state index contributed by atoms with van der Waals surface area (Å²) in [5.74, 6) is -0.370. The van der Waals surface area contributed by atoms with Crippen LogP contribution in [-0.4, -0.2) is 22.5 Å². The van der Waals surface area contributed by atoms with E-state index in [0.29, 0.717) is 5.56 Å². The summed E-state index contributed by atoms with van der Waals surface area (Å²) >= 11 is 3.57. The van der Waals surface area contributed by atoms with Crippen LogP contribution in [0.25, 0.3) is 16.9 Å². The molecule has 2 heterocycles. The van der Waals surface area contributed by atoms with E-state index in [1.165, 1.54) is 7.11 Å². The van der Waals surface area contributed by atoms with Crippen molar-refractivity contribution >= 4 is 27.5 Å². The molecule has 0 unspecified atom stereocenters. The molecule has 4 nitrogen and oxygen atoms in total. The van der Waals surface area contributed by atoms with Gasteiger partial charge in [0.2, 0.25) is 0 Å². The summed E-state index contributed by atoms with van der Waals surface area (Å²) in [7, 11) is 1.38. The fourth-order valence-corrected chi connectivity index (χ4v) is 2.87. The molecule has 0 N–H and O–H groups in total. The third kappa shape index (κ3) is 2.34. The van der Waals surface area contributed by atoms with E-state index in [2.05, 4.69) is 20.9 Å². The highest BCUT2D eigenvalue weighted by Gasteiger charge is 2.18. The maximum atomic E-state index is 11.9. The monoisotopic (exact) mass is 344 g/mol. The second-order valence-electron chi connectivity index (χ2n) is 4.72. The van der Waals surface area contributed by atoms with Gasteiger partial charge in [-0.15, -0.1) is 0 Å². The molecule has 0 fully saturated rings. The molecule has 5 heteroatoms. The number of benzene rings is 1. The van der Waals surface area contributed by atoms with Crippen LogP contribution in [0.1, 0.15) is 15.9 Å². The molecule has 106 valence electrons. The summed E-state index contributed by atoms with van der Waals surface area (Å²) in [6.07, 6.45) is 1.95. The quantitative estimate of drug-likeness (QED) is 0.663. The van der Waals surface area contributed by atoms with E-state index >= 15 is 0 Å². The standard InChI is InChI=1S/C16H13BrN2O2/c1-10-7-8-19-13(9-10)18-14(15(19)17)11-5-3-4-6-12(11)16(20)21-2/h3-9H,1-2H3. The first-order chi connectivity index (χ1) is 10.1. The highest BCUT2D eigenvalue weighted by Crippen LogP contribution is 2.31. The van der Waals surface area contributed by atoms with Crippen LogP contribution in [0.3, 0.4) is 0 Å². The molecule has 0 aliphatic rings. The minimum absolute atomic E-state index is 0.370. The first-order valence-electron chi connectivity index (χ1n) is 6.43. The number of ether oxygens (including phenoxy) is 1. The smallest absolute Gasteiger partial charge is 0.338 e. The van der Waals surface area contributed by atoms with Crippen molar-refractivity contribution in [3.63, 3.8) is 0 Å². The number of esters is 1. The highest BCUT2D eigenvalue weighted by molar-refractivity contribution is 9.10. The van der Waals surface area contributed by atoms with Gasteiger partial charge in [-0.3, -0.25) is 4.40 Å². The second kappa shape index (κ2) is 5.33. The van der Waals surface area contributed by atoms with Gasteiger partial charge in [0.05, 0.1) is 12.7 Å². The van der Waals surface area contributed by atoms with E-state index in [-0.39, 0.29) is 5.97 Å². The highest BCUT2D eigenvalue weighted by atomic mass is 79.9. The number of imidazole rings is 1. The zero-order valence-electron chi connectivity index (χ0n) is 11.6. The van der Waals surface area contributed by atoms with E-state index < -0.39 is 0 Å². The summed E-state index contributed by atoms with van der Waals surface area (Å²) in [4.78, 5) is 16.5. The number of pyridine rings is 1. The Kier molecular flexibility index (Phi) is 3.51. The van der Waals surface area contributed by atoms with Crippen molar-refractivity contribution in [3.05, 3.63) is 58.3 Å². The summed E-state index contributed by atoms with van der Waals surface area (Å²) in [6.45, 7) is 2.02. The first-order valence-corrected chi connectivity index (χ1v) is 7.23. The average Bonchev–Trinajstić information content (AvgIpc) is 2.82. The molecule has 3 rings (SSSR count). The maximum absolute atomic E-state index is 11.9. The molecule has 0 bridgehead atoms. The van der Waals surface area contributed by atoms with Crippen molar-refractivity contribution in [2.45, 2.75) is 6.92 Å². The first kappa shape index (κ1) is 13.8. The number of carbonyl (C=O) groups is 1. The third-order valence-corrected chi connectivity index (χ3v) is 4.07. The van der Waals surface area contributed by atoms with Gasteiger partial charge in [-0.1, -0.05) is 18.2 Å². The molecule has 21 heavy (non-hydrogen) atoms. The Bertz CT molecular complexity index is 839. The molecule has 3 aromatic rings. The van der Waals surface area contributed by atoms with Gasteiger partial charge in [-0.05, 0) is 46.6 Å². The Balaban J connectivity index is 2.26.